The van der Waals surface area contributed by atoms with Gasteiger partial charge in [0.2, 0.25) is 0 Å². The number of esters is 1. The third-order valence-electron chi connectivity index (χ3n) is 2.75. The minimum absolute atomic E-state index is 0. The molecule has 0 aromatic carbocycles. The largest absolute Gasteiger partial charge is 0.469 e. The number of hydrogen-bond acceptors (Lipinski definition) is 3. The molecule has 0 aliphatic carbocycles. The quantitative estimate of drug-likeness (QED) is 0.738. The predicted octanol–water partition coefficient (Wildman–Crippen LogP) is 1.75. The Kier molecular flexibility index (Phi) is 6.93. The van der Waals surface area contributed by atoms with Crippen LogP contribution in [-0.4, -0.2) is 25.7 Å². The molecule has 0 aromatic heterocycles. The zero-order valence-corrected chi connectivity index (χ0v) is 9.73. The highest BCUT2D eigenvalue weighted by Gasteiger charge is 2.18. The molecule has 0 bridgehead atoms. The lowest BCUT2D eigenvalue weighted by molar-refractivity contribution is -0.141. The Hall–Kier alpha value is -0.280. The number of ether oxygens (including phenoxy) is 1. The molecule has 0 unspecified atom stereocenters. The van der Waals surface area contributed by atoms with E-state index in [1.807, 2.05) is 0 Å². The van der Waals surface area contributed by atoms with Gasteiger partial charge in [0, 0.05) is 12.5 Å². The average molecular weight is 222 g/mol. The van der Waals surface area contributed by atoms with Crippen LogP contribution in [0.1, 0.15) is 32.6 Å². The lowest BCUT2D eigenvalue weighted by Gasteiger charge is -2.27. The SMILES string of the molecule is COC(=O)CC[C@@H]1CC[C@@H](C)NC1.Cl. The second-order valence-corrected chi connectivity index (χ2v) is 3.87. The fourth-order valence-corrected chi connectivity index (χ4v) is 1.73. The van der Waals surface area contributed by atoms with Crippen molar-refractivity contribution in [1.29, 1.82) is 0 Å². The zero-order chi connectivity index (χ0) is 9.68. The van der Waals surface area contributed by atoms with Crippen molar-refractivity contribution in [3.05, 3.63) is 0 Å². The van der Waals surface area contributed by atoms with Crippen LogP contribution in [0.4, 0.5) is 0 Å². The standard InChI is InChI=1S/C10H19NO2.ClH/c1-8-3-4-9(7-11-8)5-6-10(12)13-2;/h8-9,11H,3-7H2,1-2H3;1H/t8-,9+;/m1./s1. The molecular weight excluding hydrogens is 202 g/mol. The Labute approximate surface area is 92.0 Å². The van der Waals surface area contributed by atoms with Gasteiger partial charge in [0.15, 0.2) is 0 Å². The summed E-state index contributed by atoms with van der Waals surface area (Å²) in [5.41, 5.74) is 0. The van der Waals surface area contributed by atoms with Gasteiger partial charge in [-0.15, -0.1) is 12.4 Å². The van der Waals surface area contributed by atoms with E-state index in [1.54, 1.807) is 0 Å². The Bertz CT molecular complexity index is 168. The summed E-state index contributed by atoms with van der Waals surface area (Å²) in [5, 5.41) is 3.42. The average Bonchev–Trinajstić information content (AvgIpc) is 2.16. The van der Waals surface area contributed by atoms with E-state index in [2.05, 4.69) is 17.0 Å². The van der Waals surface area contributed by atoms with E-state index in [0.717, 1.165) is 13.0 Å². The van der Waals surface area contributed by atoms with E-state index >= 15 is 0 Å². The molecule has 1 heterocycles. The summed E-state index contributed by atoms with van der Waals surface area (Å²) >= 11 is 0. The Morgan fingerprint density at radius 3 is 2.71 bits per heavy atom. The highest BCUT2D eigenvalue weighted by Crippen LogP contribution is 2.18. The van der Waals surface area contributed by atoms with Crippen LogP contribution in [0.5, 0.6) is 0 Å². The van der Waals surface area contributed by atoms with Gasteiger partial charge in [-0.25, -0.2) is 0 Å². The highest BCUT2D eigenvalue weighted by atomic mass is 35.5. The maximum absolute atomic E-state index is 10.9. The van der Waals surface area contributed by atoms with Crippen molar-refractivity contribution in [1.82, 2.24) is 5.32 Å². The smallest absolute Gasteiger partial charge is 0.305 e. The molecule has 0 spiro atoms. The molecule has 0 amide bonds. The monoisotopic (exact) mass is 221 g/mol. The number of piperidine rings is 1. The Morgan fingerprint density at radius 1 is 1.50 bits per heavy atom. The number of carbonyl (C=O) groups is 1. The summed E-state index contributed by atoms with van der Waals surface area (Å²) in [6, 6.07) is 0.648. The molecule has 1 saturated heterocycles. The van der Waals surface area contributed by atoms with E-state index < -0.39 is 0 Å². The number of halogens is 1. The fourth-order valence-electron chi connectivity index (χ4n) is 1.73. The van der Waals surface area contributed by atoms with Gasteiger partial charge in [0.1, 0.15) is 0 Å². The molecule has 14 heavy (non-hydrogen) atoms. The van der Waals surface area contributed by atoms with Gasteiger partial charge in [0.25, 0.3) is 0 Å². The van der Waals surface area contributed by atoms with E-state index in [0.29, 0.717) is 18.4 Å². The molecule has 2 atom stereocenters. The minimum atomic E-state index is -0.0846. The number of hydrogen-bond donors (Lipinski definition) is 1. The minimum Gasteiger partial charge on any atom is -0.469 e. The van der Waals surface area contributed by atoms with Crippen molar-refractivity contribution >= 4 is 18.4 Å². The first-order valence-corrected chi connectivity index (χ1v) is 5.02. The van der Waals surface area contributed by atoms with Gasteiger partial charge in [-0.1, -0.05) is 0 Å². The molecule has 1 rings (SSSR count). The van der Waals surface area contributed by atoms with Crippen LogP contribution < -0.4 is 5.32 Å². The van der Waals surface area contributed by atoms with Crippen LogP contribution in [0.2, 0.25) is 0 Å². The van der Waals surface area contributed by atoms with Gasteiger partial charge in [-0.2, -0.15) is 0 Å². The first kappa shape index (κ1) is 13.7. The third kappa shape index (κ3) is 4.82. The van der Waals surface area contributed by atoms with Crippen LogP contribution in [0.3, 0.4) is 0 Å². The summed E-state index contributed by atoms with van der Waals surface area (Å²) in [4.78, 5) is 10.9. The molecular formula is C10H20ClNO2. The lowest BCUT2D eigenvalue weighted by atomic mass is 9.92. The maximum atomic E-state index is 10.9. The molecule has 1 N–H and O–H groups in total. The first-order chi connectivity index (χ1) is 6.22. The number of methoxy groups -OCH3 is 1. The summed E-state index contributed by atoms with van der Waals surface area (Å²) in [6.45, 7) is 3.26. The van der Waals surface area contributed by atoms with Crippen molar-refractivity contribution in [3.8, 4) is 0 Å². The fraction of sp³-hybridized carbons (Fsp3) is 0.900. The van der Waals surface area contributed by atoms with Crippen LogP contribution in [0, 0.1) is 5.92 Å². The molecule has 84 valence electrons. The van der Waals surface area contributed by atoms with Crippen LogP contribution in [0.25, 0.3) is 0 Å². The Balaban J connectivity index is 0.00000169. The summed E-state index contributed by atoms with van der Waals surface area (Å²) in [6.07, 6.45) is 4.00. The number of rotatable bonds is 3. The van der Waals surface area contributed by atoms with Gasteiger partial charge in [-0.05, 0) is 38.6 Å². The maximum Gasteiger partial charge on any atom is 0.305 e. The molecule has 3 nitrogen and oxygen atoms in total. The van der Waals surface area contributed by atoms with Gasteiger partial charge < -0.3 is 10.1 Å². The van der Waals surface area contributed by atoms with Crippen molar-refractivity contribution in [2.45, 2.75) is 38.6 Å². The molecule has 1 fully saturated rings. The van der Waals surface area contributed by atoms with Crippen molar-refractivity contribution in [2.75, 3.05) is 13.7 Å². The highest BCUT2D eigenvalue weighted by molar-refractivity contribution is 5.85. The molecule has 4 heteroatoms. The molecule has 1 aliphatic rings. The normalized spacial score (nSPS) is 26.4. The number of carbonyl (C=O) groups excluding carboxylic acids is 1. The topological polar surface area (TPSA) is 38.3 Å². The predicted molar refractivity (Wildman–Crippen MR) is 58.7 cm³/mol. The molecule has 1 aliphatic heterocycles. The van der Waals surface area contributed by atoms with E-state index in [1.165, 1.54) is 20.0 Å². The van der Waals surface area contributed by atoms with Gasteiger partial charge in [-0.3, -0.25) is 4.79 Å². The third-order valence-corrected chi connectivity index (χ3v) is 2.75. The van der Waals surface area contributed by atoms with Crippen molar-refractivity contribution < 1.29 is 9.53 Å². The second-order valence-electron chi connectivity index (χ2n) is 3.87. The van der Waals surface area contributed by atoms with Gasteiger partial charge in [0.05, 0.1) is 7.11 Å². The van der Waals surface area contributed by atoms with Crippen LogP contribution in [0.15, 0.2) is 0 Å². The van der Waals surface area contributed by atoms with Crippen molar-refractivity contribution in [2.24, 2.45) is 5.92 Å². The zero-order valence-electron chi connectivity index (χ0n) is 8.91. The lowest BCUT2D eigenvalue weighted by Crippen LogP contribution is -2.36. The number of nitrogens with one attached hydrogen (secondary N) is 1. The second kappa shape index (κ2) is 7.07. The van der Waals surface area contributed by atoms with E-state index in [4.69, 9.17) is 0 Å². The Morgan fingerprint density at radius 2 is 2.21 bits per heavy atom. The van der Waals surface area contributed by atoms with Crippen LogP contribution >= 0.6 is 12.4 Å². The molecule has 0 radical (unpaired) electrons. The van der Waals surface area contributed by atoms with Gasteiger partial charge >= 0.3 is 5.97 Å². The first-order valence-electron chi connectivity index (χ1n) is 5.02. The molecule has 0 aromatic rings. The summed E-state index contributed by atoms with van der Waals surface area (Å²) in [5.74, 6) is 0.578. The summed E-state index contributed by atoms with van der Waals surface area (Å²) < 4.78 is 4.60. The van der Waals surface area contributed by atoms with E-state index in [-0.39, 0.29) is 18.4 Å². The van der Waals surface area contributed by atoms with E-state index in [9.17, 15) is 4.79 Å². The molecule has 0 saturated carbocycles. The summed E-state index contributed by atoms with van der Waals surface area (Å²) in [7, 11) is 1.45. The van der Waals surface area contributed by atoms with Crippen LogP contribution in [-0.2, 0) is 9.53 Å². The van der Waals surface area contributed by atoms with Crippen molar-refractivity contribution in [3.63, 3.8) is 0 Å².